The summed E-state index contributed by atoms with van der Waals surface area (Å²) in [6.45, 7) is 0.977. The van der Waals surface area contributed by atoms with E-state index in [1.807, 2.05) is 30.3 Å². The fourth-order valence-corrected chi connectivity index (χ4v) is 3.87. The number of carbonyl (C=O) groups is 2. The predicted molar refractivity (Wildman–Crippen MR) is 93.9 cm³/mol. The maximum absolute atomic E-state index is 12.4. The molecule has 1 aromatic rings. The summed E-state index contributed by atoms with van der Waals surface area (Å²) in [5.74, 6) is 0.737. The average Bonchev–Trinajstić information content (AvgIpc) is 2.64. The molecule has 0 bridgehead atoms. The van der Waals surface area contributed by atoms with E-state index in [-0.39, 0.29) is 31.0 Å². The number of hydrogen-bond acceptors (Lipinski definition) is 4. The van der Waals surface area contributed by atoms with Gasteiger partial charge in [0, 0.05) is 12.5 Å². The molecule has 1 saturated carbocycles. The number of piperidine rings is 1. The van der Waals surface area contributed by atoms with Crippen LogP contribution in [-0.4, -0.2) is 41.1 Å². The molecule has 1 saturated heterocycles. The Balaban J connectivity index is 1.43. The van der Waals surface area contributed by atoms with Crippen LogP contribution in [0.5, 0.6) is 0 Å². The fourth-order valence-electron chi connectivity index (χ4n) is 3.87. The lowest BCUT2D eigenvalue weighted by Gasteiger charge is -2.33. The Morgan fingerprint density at radius 2 is 1.84 bits per heavy atom. The smallest absolute Gasteiger partial charge is 0.410 e. The van der Waals surface area contributed by atoms with Crippen LogP contribution in [-0.2, 0) is 16.1 Å². The fraction of sp³-hybridized carbons (Fsp3) is 0.600. The zero-order valence-electron chi connectivity index (χ0n) is 14.6. The highest BCUT2D eigenvalue weighted by molar-refractivity contribution is 5.87. The number of amides is 1. The molecule has 1 heterocycles. The van der Waals surface area contributed by atoms with Crippen LogP contribution in [0.2, 0.25) is 0 Å². The van der Waals surface area contributed by atoms with E-state index in [1.54, 1.807) is 0 Å². The summed E-state index contributed by atoms with van der Waals surface area (Å²) >= 11 is 0. The quantitative estimate of drug-likeness (QED) is 0.910. The minimum atomic E-state index is -0.406. The number of aliphatic hydroxyl groups is 1. The van der Waals surface area contributed by atoms with Crippen molar-refractivity contribution in [1.82, 2.24) is 4.90 Å². The second kappa shape index (κ2) is 8.48. The molecule has 1 unspecified atom stereocenters. The van der Waals surface area contributed by atoms with E-state index in [4.69, 9.17) is 4.74 Å². The third-order valence-electron chi connectivity index (χ3n) is 5.45. The normalized spacial score (nSPS) is 27.2. The van der Waals surface area contributed by atoms with Crippen LogP contribution in [0, 0.1) is 11.8 Å². The van der Waals surface area contributed by atoms with Gasteiger partial charge in [0.1, 0.15) is 6.61 Å². The maximum atomic E-state index is 12.4. The lowest BCUT2D eigenvalue weighted by atomic mass is 9.78. The van der Waals surface area contributed by atoms with Crippen molar-refractivity contribution >= 4 is 11.9 Å². The van der Waals surface area contributed by atoms with Gasteiger partial charge in [-0.15, -0.1) is 0 Å². The molecular formula is C20H27NO4. The number of ether oxygens (including phenoxy) is 1. The molecule has 1 aromatic carbocycles. The highest BCUT2D eigenvalue weighted by atomic mass is 16.6. The first-order chi connectivity index (χ1) is 12.1. The van der Waals surface area contributed by atoms with Gasteiger partial charge in [0.25, 0.3) is 0 Å². The Bertz CT molecular complexity index is 581. The Hall–Kier alpha value is -1.88. The number of ketones is 1. The number of benzene rings is 1. The van der Waals surface area contributed by atoms with Gasteiger partial charge in [0.2, 0.25) is 0 Å². The molecule has 1 aliphatic carbocycles. The molecule has 2 aliphatic rings. The zero-order chi connectivity index (χ0) is 17.6. The molecule has 5 heteroatoms. The Labute approximate surface area is 149 Å². The van der Waals surface area contributed by atoms with Gasteiger partial charge in [-0.2, -0.15) is 0 Å². The van der Waals surface area contributed by atoms with Crippen LogP contribution in [0.15, 0.2) is 30.3 Å². The highest BCUT2D eigenvalue weighted by Crippen LogP contribution is 2.32. The van der Waals surface area contributed by atoms with Crippen molar-refractivity contribution in [1.29, 1.82) is 0 Å². The number of rotatable bonds is 4. The van der Waals surface area contributed by atoms with Crippen LogP contribution >= 0.6 is 0 Å². The van der Waals surface area contributed by atoms with Crippen molar-refractivity contribution < 1.29 is 19.4 Å². The van der Waals surface area contributed by atoms with Gasteiger partial charge in [-0.25, -0.2) is 4.79 Å². The first-order valence-electron chi connectivity index (χ1n) is 9.28. The van der Waals surface area contributed by atoms with Crippen LogP contribution in [0.1, 0.15) is 44.1 Å². The number of Topliss-reactive ketones (excluding diaryl/α,β-unsaturated/α-hetero) is 1. The van der Waals surface area contributed by atoms with Crippen molar-refractivity contribution in [2.45, 2.75) is 51.2 Å². The Morgan fingerprint density at radius 1 is 1.12 bits per heavy atom. The number of aliphatic hydroxyl groups excluding tert-OH is 1. The molecule has 0 radical (unpaired) electrons. The summed E-state index contributed by atoms with van der Waals surface area (Å²) < 4.78 is 5.32. The van der Waals surface area contributed by atoms with Gasteiger partial charge in [-0.1, -0.05) is 30.3 Å². The molecule has 0 aromatic heterocycles. The summed E-state index contributed by atoms with van der Waals surface area (Å²) in [4.78, 5) is 26.1. The lowest BCUT2D eigenvalue weighted by molar-refractivity contribution is -0.127. The number of carbonyl (C=O) groups excluding carboxylic acids is 2. The molecule has 25 heavy (non-hydrogen) atoms. The number of nitrogens with zero attached hydrogens (tertiary/aromatic N) is 1. The van der Waals surface area contributed by atoms with Crippen LogP contribution in [0.25, 0.3) is 0 Å². The number of hydrogen-bond donors (Lipinski definition) is 1. The summed E-state index contributed by atoms with van der Waals surface area (Å²) in [5, 5.41) is 9.59. The minimum absolute atomic E-state index is 0.0541. The van der Waals surface area contributed by atoms with E-state index >= 15 is 0 Å². The Morgan fingerprint density at radius 3 is 2.52 bits per heavy atom. The molecule has 5 nitrogen and oxygen atoms in total. The van der Waals surface area contributed by atoms with E-state index in [9.17, 15) is 14.7 Å². The topological polar surface area (TPSA) is 66.8 Å². The van der Waals surface area contributed by atoms with E-state index < -0.39 is 6.09 Å². The largest absolute Gasteiger partial charge is 0.445 e. The molecule has 2 fully saturated rings. The van der Waals surface area contributed by atoms with Gasteiger partial charge in [0.05, 0.1) is 12.6 Å². The van der Waals surface area contributed by atoms with Gasteiger partial charge >= 0.3 is 6.09 Å². The lowest BCUT2D eigenvalue weighted by Crippen LogP contribution is -2.45. The summed E-state index contributed by atoms with van der Waals surface area (Å²) in [6.07, 6.45) is 4.77. The molecule has 0 spiro atoms. The second-order valence-corrected chi connectivity index (χ2v) is 7.32. The van der Waals surface area contributed by atoms with Crippen molar-refractivity contribution in [2.24, 2.45) is 11.8 Å². The minimum Gasteiger partial charge on any atom is -0.445 e. The van der Waals surface area contributed by atoms with Crippen molar-refractivity contribution in [3.8, 4) is 0 Å². The SMILES string of the molecule is O=C1CN(C(=O)OCc2ccccc2)CCC1CC1CCC(O)CC1. The van der Waals surface area contributed by atoms with E-state index in [0.717, 1.165) is 44.1 Å². The zero-order valence-corrected chi connectivity index (χ0v) is 14.6. The summed E-state index contributed by atoms with van der Waals surface area (Å²) in [7, 11) is 0. The second-order valence-electron chi connectivity index (χ2n) is 7.32. The van der Waals surface area contributed by atoms with E-state index in [0.29, 0.717) is 12.5 Å². The van der Waals surface area contributed by atoms with Crippen LogP contribution in [0.3, 0.4) is 0 Å². The molecule has 1 aliphatic heterocycles. The van der Waals surface area contributed by atoms with Gasteiger partial charge in [-0.3, -0.25) is 4.79 Å². The standard InChI is InChI=1S/C20H27NO4/c22-18-8-6-15(7-9-18)12-17-10-11-21(13-19(17)23)20(24)25-14-16-4-2-1-3-5-16/h1-5,15,17-18,22H,6-14H2. The van der Waals surface area contributed by atoms with Crippen LogP contribution < -0.4 is 0 Å². The predicted octanol–water partition coefficient (Wildman–Crippen LogP) is 3.16. The first-order valence-corrected chi connectivity index (χ1v) is 9.28. The molecule has 136 valence electrons. The third kappa shape index (κ3) is 5.05. The van der Waals surface area contributed by atoms with Crippen molar-refractivity contribution in [3.63, 3.8) is 0 Å². The highest BCUT2D eigenvalue weighted by Gasteiger charge is 2.32. The van der Waals surface area contributed by atoms with E-state index in [1.165, 1.54) is 4.90 Å². The van der Waals surface area contributed by atoms with Crippen molar-refractivity contribution in [2.75, 3.05) is 13.1 Å². The number of likely N-dealkylation sites (tertiary alicyclic amines) is 1. The molecular weight excluding hydrogens is 318 g/mol. The summed E-state index contributed by atoms with van der Waals surface area (Å²) in [5.41, 5.74) is 0.941. The average molecular weight is 345 g/mol. The van der Waals surface area contributed by atoms with Gasteiger partial charge < -0.3 is 14.7 Å². The first kappa shape index (κ1) is 17.9. The van der Waals surface area contributed by atoms with Crippen molar-refractivity contribution in [3.05, 3.63) is 35.9 Å². The molecule has 3 rings (SSSR count). The maximum Gasteiger partial charge on any atom is 0.410 e. The third-order valence-corrected chi connectivity index (χ3v) is 5.45. The van der Waals surface area contributed by atoms with Crippen LogP contribution in [0.4, 0.5) is 4.79 Å². The van der Waals surface area contributed by atoms with Gasteiger partial charge in [0.15, 0.2) is 5.78 Å². The molecule has 1 N–H and O–H groups in total. The monoisotopic (exact) mass is 345 g/mol. The molecule has 1 atom stereocenters. The Kier molecular flexibility index (Phi) is 6.08. The van der Waals surface area contributed by atoms with Gasteiger partial charge in [-0.05, 0) is 50.0 Å². The summed E-state index contributed by atoms with van der Waals surface area (Å²) in [6, 6.07) is 9.55. The molecule has 1 amide bonds. The van der Waals surface area contributed by atoms with E-state index in [2.05, 4.69) is 0 Å².